The van der Waals surface area contributed by atoms with Gasteiger partial charge in [-0.2, -0.15) is 0 Å². The lowest BCUT2D eigenvalue weighted by atomic mass is 9.67. The van der Waals surface area contributed by atoms with Crippen LogP contribution in [-0.4, -0.2) is 12.2 Å². The Morgan fingerprint density at radius 1 is 0.600 bits per heavy atom. The summed E-state index contributed by atoms with van der Waals surface area (Å²) >= 11 is 0. The minimum absolute atomic E-state index is 0.333. The third-order valence-corrected chi connectivity index (χ3v) is 14.0. The number of nitrogens with one attached hydrogen (secondary N) is 2. The molecule has 0 spiro atoms. The van der Waals surface area contributed by atoms with Crippen LogP contribution >= 0.6 is 0 Å². The molecule has 1 fully saturated rings. The van der Waals surface area contributed by atoms with Gasteiger partial charge < -0.3 is 5.32 Å². The van der Waals surface area contributed by atoms with Crippen molar-refractivity contribution in [2.75, 3.05) is 0 Å². The van der Waals surface area contributed by atoms with Gasteiger partial charge in [0, 0.05) is 11.7 Å². The van der Waals surface area contributed by atoms with Crippen LogP contribution in [0.15, 0.2) is 107 Å². The average Bonchev–Trinajstić information content (AvgIpc) is 3.53. The Morgan fingerprint density at radius 2 is 1.40 bits per heavy atom. The molecule has 3 aromatic carbocycles. The highest BCUT2D eigenvalue weighted by Gasteiger charge is 2.38. The summed E-state index contributed by atoms with van der Waals surface area (Å²) < 4.78 is 0. The summed E-state index contributed by atoms with van der Waals surface area (Å²) in [6.45, 7) is 0. The molecule has 3 aromatic rings. The van der Waals surface area contributed by atoms with Gasteiger partial charge in [-0.1, -0.05) is 104 Å². The fourth-order valence-corrected chi connectivity index (χ4v) is 11.5. The molecule has 7 aliphatic rings. The maximum Gasteiger partial charge on any atom is 0.0804 e. The van der Waals surface area contributed by atoms with Crippen molar-refractivity contribution in [1.29, 1.82) is 0 Å². The van der Waals surface area contributed by atoms with Crippen molar-refractivity contribution in [3.05, 3.63) is 113 Å². The summed E-state index contributed by atoms with van der Waals surface area (Å²) in [6.07, 6.45) is 34.2. The van der Waals surface area contributed by atoms with Crippen molar-refractivity contribution in [2.45, 2.75) is 115 Å². The third-order valence-electron chi connectivity index (χ3n) is 14.0. The molecular weight excluding hydrogens is 605 g/mol. The van der Waals surface area contributed by atoms with E-state index in [-0.39, 0.29) is 0 Å². The molecule has 2 N–H and O–H groups in total. The van der Waals surface area contributed by atoms with Gasteiger partial charge in [-0.05, 0) is 169 Å². The number of benzene rings is 3. The standard InChI is InChI=1S/C48H54N2/c1-3-13-31(14-4-1)35-25-27-41(38-20-8-7-19-37(35)38)46-30-45(49-48(50-46)32-15-5-2-6-16-32)34-18-11-17-33(29-34)36-26-28-44-40-22-10-9-21-39(40)43-24-12-23-42(36)47(43)44/h2,5,9-10,12,17,21-24,26-28,30-32,34-35,45,48-50H,1,3-4,6-8,11,13-16,18-20,25,29H2. The van der Waals surface area contributed by atoms with E-state index in [2.05, 4.69) is 95.6 Å². The summed E-state index contributed by atoms with van der Waals surface area (Å²) in [6, 6.07) is 21.2. The first-order chi connectivity index (χ1) is 24.8. The molecule has 2 nitrogen and oxygen atoms in total. The van der Waals surface area contributed by atoms with Gasteiger partial charge in [-0.25, -0.2) is 0 Å². The Morgan fingerprint density at radius 3 is 2.26 bits per heavy atom. The Labute approximate surface area is 299 Å². The third kappa shape index (κ3) is 5.40. The topological polar surface area (TPSA) is 24.1 Å². The van der Waals surface area contributed by atoms with Gasteiger partial charge in [0.25, 0.3) is 0 Å². The van der Waals surface area contributed by atoms with E-state index < -0.39 is 0 Å². The van der Waals surface area contributed by atoms with Crippen LogP contribution < -0.4 is 10.6 Å². The van der Waals surface area contributed by atoms with Crippen LogP contribution in [0.4, 0.5) is 0 Å². The lowest BCUT2D eigenvalue weighted by Gasteiger charge is -2.43. The number of hydrogen-bond acceptors (Lipinski definition) is 2. The van der Waals surface area contributed by atoms with Gasteiger partial charge >= 0.3 is 0 Å². The molecule has 5 atom stereocenters. The molecule has 0 amide bonds. The SMILES string of the molecule is C1=CCC(C2NC(C3=CCC(C4CCCCC4)C4=C3CCCC4)=CC(C3CCC=C(c4ccc5c6c(cccc46)-c4ccccc4-5)C3)N2)CC1. The molecule has 1 aliphatic heterocycles. The second kappa shape index (κ2) is 13.2. The lowest BCUT2D eigenvalue weighted by Crippen LogP contribution is -2.57. The molecule has 0 bridgehead atoms. The van der Waals surface area contributed by atoms with Crippen LogP contribution in [0, 0.1) is 23.7 Å². The molecule has 1 heterocycles. The first kappa shape index (κ1) is 31.1. The van der Waals surface area contributed by atoms with Gasteiger partial charge in [0.2, 0.25) is 0 Å². The minimum atomic E-state index is 0.333. The van der Waals surface area contributed by atoms with E-state index in [9.17, 15) is 0 Å². The predicted molar refractivity (Wildman–Crippen MR) is 210 cm³/mol. The van der Waals surface area contributed by atoms with Crippen molar-refractivity contribution in [3.63, 3.8) is 0 Å². The quantitative estimate of drug-likeness (QED) is 0.209. The summed E-state index contributed by atoms with van der Waals surface area (Å²) in [5, 5.41) is 11.3. The van der Waals surface area contributed by atoms with Crippen LogP contribution in [-0.2, 0) is 0 Å². The Bertz CT molecular complexity index is 1930. The second-order valence-corrected chi connectivity index (χ2v) is 16.7. The zero-order valence-corrected chi connectivity index (χ0v) is 29.9. The molecule has 0 radical (unpaired) electrons. The smallest absolute Gasteiger partial charge is 0.0804 e. The predicted octanol–water partition coefficient (Wildman–Crippen LogP) is 12.2. The summed E-state index contributed by atoms with van der Waals surface area (Å²) in [7, 11) is 0. The number of allylic oxidation sites excluding steroid dienone is 7. The highest BCUT2D eigenvalue weighted by atomic mass is 15.2. The van der Waals surface area contributed by atoms with Crippen LogP contribution in [0.3, 0.4) is 0 Å². The zero-order valence-electron chi connectivity index (χ0n) is 29.9. The molecule has 10 rings (SSSR count). The molecular formula is C48H54N2. The number of fused-ring (bicyclic) bond motifs is 3. The van der Waals surface area contributed by atoms with E-state index in [4.69, 9.17) is 0 Å². The van der Waals surface area contributed by atoms with Crippen LogP contribution in [0.1, 0.15) is 108 Å². The molecule has 0 aromatic heterocycles. The molecule has 5 unspecified atom stereocenters. The van der Waals surface area contributed by atoms with Crippen molar-refractivity contribution in [3.8, 4) is 22.3 Å². The van der Waals surface area contributed by atoms with Crippen LogP contribution in [0.2, 0.25) is 0 Å². The maximum absolute atomic E-state index is 4.25. The molecule has 256 valence electrons. The van der Waals surface area contributed by atoms with Crippen molar-refractivity contribution < 1.29 is 0 Å². The van der Waals surface area contributed by atoms with Crippen LogP contribution in [0.5, 0.6) is 0 Å². The maximum atomic E-state index is 4.25. The average molecular weight is 659 g/mol. The zero-order chi connectivity index (χ0) is 33.0. The van der Waals surface area contributed by atoms with Gasteiger partial charge in [-0.15, -0.1) is 0 Å². The summed E-state index contributed by atoms with van der Waals surface area (Å²) in [4.78, 5) is 0. The summed E-state index contributed by atoms with van der Waals surface area (Å²) in [5.41, 5.74) is 15.3. The van der Waals surface area contributed by atoms with Gasteiger partial charge in [0.15, 0.2) is 0 Å². The molecule has 6 aliphatic carbocycles. The second-order valence-electron chi connectivity index (χ2n) is 16.7. The van der Waals surface area contributed by atoms with E-state index in [0.29, 0.717) is 24.0 Å². The highest BCUT2D eigenvalue weighted by molar-refractivity contribution is 6.17. The molecule has 0 saturated heterocycles. The normalized spacial score (nSPS) is 29.5. The van der Waals surface area contributed by atoms with Gasteiger partial charge in [-0.3, -0.25) is 5.32 Å². The van der Waals surface area contributed by atoms with Crippen molar-refractivity contribution in [1.82, 2.24) is 10.6 Å². The largest absolute Gasteiger partial charge is 0.369 e. The minimum Gasteiger partial charge on any atom is -0.369 e. The Hall–Kier alpha value is -3.62. The molecule has 1 saturated carbocycles. The van der Waals surface area contributed by atoms with Crippen LogP contribution in [0.25, 0.3) is 38.6 Å². The van der Waals surface area contributed by atoms with E-state index in [1.165, 1.54) is 134 Å². The fourth-order valence-electron chi connectivity index (χ4n) is 11.5. The number of rotatable bonds is 5. The fraction of sp³-hybridized carbons (Fsp3) is 0.458. The first-order valence-electron chi connectivity index (χ1n) is 20.5. The van der Waals surface area contributed by atoms with E-state index in [1.807, 2.05) is 5.57 Å². The van der Waals surface area contributed by atoms with Crippen molar-refractivity contribution in [2.24, 2.45) is 23.7 Å². The van der Waals surface area contributed by atoms with Gasteiger partial charge in [0.05, 0.1) is 6.17 Å². The molecule has 50 heavy (non-hydrogen) atoms. The van der Waals surface area contributed by atoms with E-state index in [1.54, 1.807) is 16.7 Å². The van der Waals surface area contributed by atoms with E-state index in [0.717, 1.165) is 24.7 Å². The van der Waals surface area contributed by atoms with Gasteiger partial charge in [0.1, 0.15) is 0 Å². The van der Waals surface area contributed by atoms with E-state index >= 15 is 0 Å². The highest BCUT2D eigenvalue weighted by Crippen LogP contribution is 2.50. The lowest BCUT2D eigenvalue weighted by molar-refractivity contribution is 0.236. The summed E-state index contributed by atoms with van der Waals surface area (Å²) in [5.74, 6) is 2.96. The number of hydrogen-bond donors (Lipinski definition) is 2. The van der Waals surface area contributed by atoms with Crippen molar-refractivity contribution >= 4 is 16.3 Å². The molecule has 2 heteroatoms. The first-order valence-corrected chi connectivity index (χ1v) is 20.5. The Kier molecular flexibility index (Phi) is 8.20. The monoisotopic (exact) mass is 658 g/mol. The Balaban J connectivity index is 0.979.